The Bertz CT molecular complexity index is 756. The second-order valence-corrected chi connectivity index (χ2v) is 7.05. The maximum absolute atomic E-state index is 14.4. The molecule has 0 bridgehead atoms. The van der Waals surface area contributed by atoms with Crippen LogP contribution in [0.2, 0.25) is 0 Å². The molecule has 5 heteroatoms. The minimum atomic E-state index is -3.18. The van der Waals surface area contributed by atoms with Crippen LogP contribution >= 0.6 is 0 Å². The van der Waals surface area contributed by atoms with Crippen molar-refractivity contribution < 1.29 is 8.78 Å². The Balaban J connectivity index is 1.64. The summed E-state index contributed by atoms with van der Waals surface area (Å²) in [5.74, 6) is -1.78. The topological polar surface area (TPSA) is 45.8 Å². The monoisotopic (exact) mass is 334 g/mol. The summed E-state index contributed by atoms with van der Waals surface area (Å²) in [6, 6.07) is 6.75. The Labute approximate surface area is 140 Å². The molecule has 1 aliphatic rings. The van der Waals surface area contributed by atoms with E-state index in [1.165, 1.54) is 19.3 Å². The molecule has 3 nitrogen and oxygen atoms in total. The highest BCUT2D eigenvalue weighted by molar-refractivity contribution is 5.73. The van der Waals surface area contributed by atoms with Crippen molar-refractivity contribution in [1.82, 2.24) is 9.97 Å². The molecule has 1 aromatic heterocycles. The number of rotatable bonds is 6. The zero-order valence-electron chi connectivity index (χ0n) is 14.0. The number of fused-ring (bicyclic) bond motifs is 1. The molecule has 1 unspecified atom stereocenters. The number of hydrogen-bond acceptors (Lipinski definition) is 2. The maximum Gasteiger partial charge on any atom is 0.295 e. The van der Waals surface area contributed by atoms with Gasteiger partial charge in [-0.3, -0.25) is 4.79 Å². The molecule has 0 aliphatic heterocycles. The third kappa shape index (κ3) is 3.65. The Morgan fingerprint density at radius 3 is 2.79 bits per heavy atom. The lowest BCUT2D eigenvalue weighted by Gasteiger charge is -2.17. The minimum Gasteiger partial charge on any atom is -0.319 e. The molecular weight excluding hydrogens is 310 g/mol. The zero-order valence-corrected chi connectivity index (χ0v) is 14.0. The van der Waals surface area contributed by atoms with Crippen molar-refractivity contribution in [3.8, 4) is 0 Å². The summed E-state index contributed by atoms with van der Waals surface area (Å²) in [4.78, 5) is 18.4. The van der Waals surface area contributed by atoms with Gasteiger partial charge in [0.15, 0.2) is 5.69 Å². The summed E-state index contributed by atoms with van der Waals surface area (Å²) in [6.07, 6.45) is 5.65. The molecule has 24 heavy (non-hydrogen) atoms. The Morgan fingerprint density at radius 1 is 1.25 bits per heavy atom. The van der Waals surface area contributed by atoms with E-state index in [-0.39, 0.29) is 6.42 Å². The van der Waals surface area contributed by atoms with Gasteiger partial charge in [0.1, 0.15) is 0 Å². The van der Waals surface area contributed by atoms with Crippen LogP contribution in [0.25, 0.3) is 11.0 Å². The SMILES string of the molecule is CC1CCC[C@H]1CCCCC(F)(F)c1nc2ccccc2[nH]c1=O. The number of hydrogen-bond donors (Lipinski definition) is 1. The number of alkyl halides is 2. The number of H-pyrrole nitrogens is 1. The highest BCUT2D eigenvalue weighted by atomic mass is 19.3. The fourth-order valence-corrected chi connectivity index (χ4v) is 3.80. The van der Waals surface area contributed by atoms with Gasteiger partial charge in [-0.15, -0.1) is 0 Å². The molecule has 1 fully saturated rings. The first-order valence-corrected chi connectivity index (χ1v) is 8.85. The second-order valence-electron chi connectivity index (χ2n) is 7.05. The first-order valence-electron chi connectivity index (χ1n) is 8.85. The number of benzene rings is 1. The van der Waals surface area contributed by atoms with E-state index in [0.717, 1.165) is 18.8 Å². The number of nitrogens with zero attached hydrogens (tertiary/aromatic N) is 1. The van der Waals surface area contributed by atoms with Crippen molar-refractivity contribution in [2.45, 2.75) is 57.8 Å². The standard InChI is InChI=1S/C19H24F2N2O/c1-13-7-6-9-14(13)8-4-5-12-19(20,21)17-18(24)23-16-11-3-2-10-15(16)22-17/h2-3,10-11,13-14H,4-9,12H2,1H3,(H,23,24)/t13?,14-/m1/s1. The summed E-state index contributed by atoms with van der Waals surface area (Å²) in [5.41, 5.74) is -0.567. The molecular formula is C19H24F2N2O. The van der Waals surface area contributed by atoms with Gasteiger partial charge in [0.05, 0.1) is 11.0 Å². The van der Waals surface area contributed by atoms with Gasteiger partial charge >= 0.3 is 0 Å². The zero-order chi connectivity index (χ0) is 17.2. The molecule has 1 saturated carbocycles. The lowest BCUT2D eigenvalue weighted by atomic mass is 9.92. The molecule has 0 amide bonds. The van der Waals surface area contributed by atoms with E-state index >= 15 is 0 Å². The Hall–Kier alpha value is -1.78. The summed E-state index contributed by atoms with van der Waals surface area (Å²) in [7, 11) is 0. The van der Waals surface area contributed by atoms with Crippen LogP contribution in [0.3, 0.4) is 0 Å². The van der Waals surface area contributed by atoms with Crippen LogP contribution in [0.1, 0.15) is 57.6 Å². The number of aromatic amines is 1. The van der Waals surface area contributed by atoms with Crippen molar-refractivity contribution in [2.75, 3.05) is 0 Å². The maximum atomic E-state index is 14.4. The van der Waals surface area contributed by atoms with E-state index in [0.29, 0.717) is 23.4 Å². The van der Waals surface area contributed by atoms with Crippen molar-refractivity contribution in [1.29, 1.82) is 0 Å². The van der Waals surface area contributed by atoms with Crippen LogP contribution in [0.5, 0.6) is 0 Å². The van der Waals surface area contributed by atoms with Gasteiger partial charge in [-0.2, -0.15) is 8.78 Å². The fraction of sp³-hybridized carbons (Fsp3) is 0.579. The summed E-state index contributed by atoms with van der Waals surface area (Å²) < 4.78 is 28.9. The summed E-state index contributed by atoms with van der Waals surface area (Å²) in [5, 5.41) is 0. The quantitative estimate of drug-likeness (QED) is 0.755. The van der Waals surface area contributed by atoms with Crippen molar-refractivity contribution in [3.05, 3.63) is 40.3 Å². The third-order valence-corrected chi connectivity index (χ3v) is 5.30. The summed E-state index contributed by atoms with van der Waals surface area (Å²) in [6.45, 7) is 2.25. The third-order valence-electron chi connectivity index (χ3n) is 5.30. The predicted molar refractivity (Wildman–Crippen MR) is 91.2 cm³/mol. The molecule has 0 saturated heterocycles. The number of nitrogens with one attached hydrogen (secondary N) is 1. The average Bonchev–Trinajstić information content (AvgIpc) is 2.96. The molecule has 1 aromatic carbocycles. The molecule has 130 valence electrons. The first kappa shape index (κ1) is 17.1. The van der Waals surface area contributed by atoms with Gasteiger partial charge in [0.2, 0.25) is 0 Å². The van der Waals surface area contributed by atoms with E-state index in [2.05, 4.69) is 16.9 Å². The molecule has 1 heterocycles. The molecule has 2 aromatic rings. The number of halogens is 2. The van der Waals surface area contributed by atoms with Crippen LogP contribution in [0, 0.1) is 11.8 Å². The van der Waals surface area contributed by atoms with Crippen molar-refractivity contribution in [2.24, 2.45) is 11.8 Å². The molecule has 1 aliphatic carbocycles. The minimum absolute atomic E-state index is 0.317. The van der Waals surface area contributed by atoms with Gasteiger partial charge in [0.25, 0.3) is 11.5 Å². The lowest BCUT2D eigenvalue weighted by molar-refractivity contribution is -0.0216. The second kappa shape index (κ2) is 6.99. The van der Waals surface area contributed by atoms with Gasteiger partial charge in [-0.05, 0) is 30.4 Å². The number of unbranched alkanes of at least 4 members (excludes halogenated alkanes) is 1. The number of aromatic nitrogens is 2. The molecule has 2 atom stereocenters. The van der Waals surface area contributed by atoms with E-state index < -0.39 is 17.2 Å². The smallest absolute Gasteiger partial charge is 0.295 e. The van der Waals surface area contributed by atoms with Crippen molar-refractivity contribution >= 4 is 11.0 Å². The lowest BCUT2D eigenvalue weighted by Crippen LogP contribution is -2.27. The average molecular weight is 334 g/mol. The highest BCUT2D eigenvalue weighted by Crippen LogP contribution is 2.36. The predicted octanol–water partition coefficient (Wildman–Crippen LogP) is 5.01. The van der Waals surface area contributed by atoms with Gasteiger partial charge in [-0.25, -0.2) is 4.98 Å². The van der Waals surface area contributed by atoms with Crippen LogP contribution in [-0.4, -0.2) is 9.97 Å². The van der Waals surface area contributed by atoms with E-state index in [1.54, 1.807) is 24.3 Å². The van der Waals surface area contributed by atoms with E-state index in [1.807, 2.05) is 0 Å². The normalized spacial score (nSPS) is 21.5. The molecule has 3 rings (SSSR count). The van der Waals surface area contributed by atoms with E-state index in [4.69, 9.17) is 0 Å². The fourth-order valence-electron chi connectivity index (χ4n) is 3.80. The van der Waals surface area contributed by atoms with E-state index in [9.17, 15) is 13.6 Å². The first-order chi connectivity index (χ1) is 11.5. The Morgan fingerprint density at radius 2 is 2.04 bits per heavy atom. The molecule has 0 radical (unpaired) electrons. The van der Waals surface area contributed by atoms with Gasteiger partial charge < -0.3 is 4.98 Å². The van der Waals surface area contributed by atoms with Gasteiger partial charge in [0, 0.05) is 6.42 Å². The van der Waals surface area contributed by atoms with Crippen molar-refractivity contribution in [3.63, 3.8) is 0 Å². The molecule has 1 N–H and O–H groups in total. The Kier molecular flexibility index (Phi) is 4.97. The van der Waals surface area contributed by atoms with Crippen LogP contribution in [-0.2, 0) is 5.92 Å². The number of para-hydroxylation sites is 2. The van der Waals surface area contributed by atoms with Gasteiger partial charge in [-0.1, -0.05) is 51.2 Å². The van der Waals surface area contributed by atoms with Crippen LogP contribution in [0.4, 0.5) is 8.78 Å². The molecule has 0 spiro atoms. The van der Waals surface area contributed by atoms with Crippen LogP contribution < -0.4 is 5.56 Å². The highest BCUT2D eigenvalue weighted by Gasteiger charge is 2.36. The largest absolute Gasteiger partial charge is 0.319 e. The van der Waals surface area contributed by atoms with Crippen LogP contribution in [0.15, 0.2) is 29.1 Å². The summed E-state index contributed by atoms with van der Waals surface area (Å²) >= 11 is 0.